The van der Waals surface area contributed by atoms with Gasteiger partial charge in [0.15, 0.2) is 6.20 Å². The number of rotatable bonds is 10. The van der Waals surface area contributed by atoms with E-state index in [2.05, 4.69) is 6.58 Å². The zero-order chi connectivity index (χ0) is 30.1. The van der Waals surface area contributed by atoms with Crippen molar-refractivity contribution in [1.82, 2.24) is 4.58 Å². The molecule has 4 rings (SSSR count). The summed E-state index contributed by atoms with van der Waals surface area (Å²) in [5, 5.41) is 22.8. The normalized spacial score (nSPS) is 11.4. The van der Waals surface area contributed by atoms with Gasteiger partial charge in [0, 0.05) is 54.1 Å². The quantitative estimate of drug-likeness (QED) is 0.173. The van der Waals surface area contributed by atoms with Gasteiger partial charge in [-0.15, -0.1) is 0 Å². The van der Waals surface area contributed by atoms with E-state index in [1.54, 1.807) is 29.5 Å². The number of hydrogen-bond donors (Lipinski definition) is 1. The minimum atomic E-state index is -1.24. The Hall–Kier alpha value is -4.76. The lowest BCUT2D eigenvalue weighted by molar-refractivity contribution is -0.254. The van der Waals surface area contributed by atoms with Crippen LogP contribution in [0.3, 0.4) is 0 Å². The Morgan fingerprint density at radius 1 is 1.05 bits per heavy atom. The number of hydrogen-bond acceptors (Lipinski definition) is 7. The summed E-state index contributed by atoms with van der Waals surface area (Å²) < 4.78 is 8.40. The summed E-state index contributed by atoms with van der Waals surface area (Å²) in [7, 11) is 0. The largest absolute Gasteiger partial charge is 0.545 e. The first kappa shape index (κ1) is 30.8. The molecule has 1 aliphatic heterocycles. The molecule has 41 heavy (non-hydrogen) atoms. The van der Waals surface area contributed by atoms with Gasteiger partial charge < -0.3 is 19.4 Å². The molecule has 9 heteroatoms. The van der Waals surface area contributed by atoms with Gasteiger partial charge in [-0.05, 0) is 51.1 Å². The van der Waals surface area contributed by atoms with E-state index in [0.717, 1.165) is 41.0 Å². The molecule has 0 bridgehead atoms. The number of fused-ring (bicyclic) bond motifs is 2. The van der Waals surface area contributed by atoms with Gasteiger partial charge in [0.25, 0.3) is 5.97 Å². The molecule has 214 valence electrons. The Morgan fingerprint density at radius 3 is 2.37 bits per heavy atom. The van der Waals surface area contributed by atoms with Crippen molar-refractivity contribution in [3.05, 3.63) is 84.4 Å². The van der Waals surface area contributed by atoms with Crippen molar-refractivity contribution in [2.75, 3.05) is 24.8 Å². The van der Waals surface area contributed by atoms with Crippen molar-refractivity contribution >= 4 is 34.4 Å². The van der Waals surface area contributed by atoms with E-state index in [4.69, 9.17) is 19.2 Å². The lowest BCUT2D eigenvalue weighted by atomic mass is 9.90. The molecule has 1 N–H and O–H groups in total. The number of nitrogens with zero attached hydrogens (tertiary/aromatic N) is 2. The summed E-state index contributed by atoms with van der Waals surface area (Å²) >= 11 is 0. The van der Waals surface area contributed by atoms with Gasteiger partial charge in [0.1, 0.15) is 23.7 Å². The molecule has 1 aliphatic carbocycles. The molecule has 2 aromatic rings. The maximum Gasteiger partial charge on any atom is 0.300 e. The Balaban J connectivity index is 0.00000108. The number of benzene rings is 3. The fraction of sp³-hybridized carbons (Fsp3) is 0.250. The van der Waals surface area contributed by atoms with Crippen molar-refractivity contribution in [3.8, 4) is 22.5 Å². The van der Waals surface area contributed by atoms with Crippen LogP contribution in [0.15, 0.2) is 77.9 Å². The molecular weight excluding hydrogens is 524 g/mol. The third kappa shape index (κ3) is 7.46. The fourth-order valence-corrected chi connectivity index (χ4v) is 4.44. The minimum absolute atomic E-state index is 0.0590. The van der Waals surface area contributed by atoms with Gasteiger partial charge >= 0.3 is 0 Å². The van der Waals surface area contributed by atoms with Crippen molar-refractivity contribution in [2.24, 2.45) is 0 Å². The molecule has 0 atom stereocenters. The second-order valence-corrected chi connectivity index (χ2v) is 9.14. The van der Waals surface area contributed by atoms with E-state index in [0.29, 0.717) is 29.9 Å². The van der Waals surface area contributed by atoms with Gasteiger partial charge in [-0.3, -0.25) is 19.5 Å². The van der Waals surface area contributed by atoms with Crippen molar-refractivity contribution in [1.29, 1.82) is 0 Å². The van der Waals surface area contributed by atoms with E-state index in [9.17, 15) is 14.7 Å². The number of Topliss-reactive ketones (excluding diaryl/α,β-unsaturated/α-hetero) is 1. The van der Waals surface area contributed by atoms with Crippen molar-refractivity contribution < 1.29 is 33.9 Å². The van der Waals surface area contributed by atoms with Crippen LogP contribution < -0.4 is 20.1 Å². The number of aliphatic carboxylic acids is 1. The number of anilines is 1. The monoisotopic (exact) mass is 558 g/mol. The first-order chi connectivity index (χ1) is 19.6. The molecule has 0 radical (unpaired) electrons. The van der Waals surface area contributed by atoms with Crippen LogP contribution in [-0.2, 0) is 14.4 Å². The minimum Gasteiger partial charge on any atom is -0.545 e. The maximum absolute atomic E-state index is 12.0. The van der Waals surface area contributed by atoms with E-state index in [-0.39, 0.29) is 18.0 Å². The average molecular weight is 559 g/mol. The Morgan fingerprint density at radius 2 is 1.76 bits per heavy atom. The van der Waals surface area contributed by atoms with Gasteiger partial charge in [-0.1, -0.05) is 24.3 Å². The first-order valence-electron chi connectivity index (χ1n) is 13.2. The van der Waals surface area contributed by atoms with Gasteiger partial charge in [-0.2, -0.15) is 4.58 Å². The predicted octanol–water partition coefficient (Wildman–Crippen LogP) is 4.33. The van der Waals surface area contributed by atoms with Crippen LogP contribution >= 0.6 is 0 Å². The summed E-state index contributed by atoms with van der Waals surface area (Å²) in [6.45, 7) is 12.1. The highest BCUT2D eigenvalue weighted by Gasteiger charge is 2.21. The van der Waals surface area contributed by atoms with Gasteiger partial charge in [-0.25, -0.2) is 0 Å². The zero-order valence-corrected chi connectivity index (χ0v) is 23.7. The van der Waals surface area contributed by atoms with Crippen molar-refractivity contribution in [2.45, 2.75) is 34.1 Å². The van der Waals surface area contributed by atoms with Crippen LogP contribution in [0.1, 0.15) is 44.5 Å². The zero-order valence-electron chi connectivity index (χ0n) is 23.7. The molecule has 0 fully saturated rings. The molecule has 0 amide bonds. The second kappa shape index (κ2) is 14.0. The molecule has 2 aliphatic rings. The molecule has 1 heterocycles. The average Bonchev–Trinajstić information content (AvgIpc) is 2.94. The summed E-state index contributed by atoms with van der Waals surface area (Å²) in [6, 6.07) is 18.3. The van der Waals surface area contributed by atoms with Crippen molar-refractivity contribution in [3.63, 3.8) is 0 Å². The Kier molecular flexibility index (Phi) is 10.5. The molecule has 0 spiro atoms. The third-order valence-electron chi connectivity index (χ3n) is 6.27. The van der Waals surface area contributed by atoms with Crippen LogP contribution in [0.2, 0.25) is 0 Å². The summed E-state index contributed by atoms with van der Waals surface area (Å²) in [5.41, 5.74) is 3.52. The number of hydroxylamine groups is 1. The maximum atomic E-state index is 12.0. The highest BCUT2D eigenvalue weighted by molar-refractivity contribution is 6.07. The standard InChI is InChI=1S/C30H30N2O5.C2H4O2/c1-5-31(6-2)21-12-14-25-27(18-21)37-28-19-22(32(7-3)36-17-16-20(4)33)13-15-26(28)29(25)23-10-8-9-11-24(23)30(34)35;1-2(3)4/h5,8-15,18-19H,1,6-7,16-17H2,2-4H3;1H3,(H,3,4). The highest BCUT2D eigenvalue weighted by atomic mass is 16.7. The summed E-state index contributed by atoms with van der Waals surface area (Å²) in [4.78, 5) is 38.2. The van der Waals surface area contributed by atoms with Crippen LogP contribution in [0.25, 0.3) is 33.4 Å². The molecular formula is C32H34N2O7. The molecule has 0 unspecified atom stereocenters. The number of carbonyl (C=O) groups is 3. The van der Waals surface area contributed by atoms with Crippen LogP contribution in [-0.4, -0.2) is 42.5 Å². The second-order valence-electron chi connectivity index (χ2n) is 9.14. The fourth-order valence-electron chi connectivity index (χ4n) is 4.44. The number of carboxylic acids is 2. The van der Waals surface area contributed by atoms with E-state index in [1.807, 2.05) is 60.9 Å². The highest BCUT2D eigenvalue weighted by Crippen LogP contribution is 2.41. The smallest absolute Gasteiger partial charge is 0.300 e. The predicted molar refractivity (Wildman–Crippen MR) is 156 cm³/mol. The molecule has 0 aromatic heterocycles. The number of carbonyl (C=O) groups excluding carboxylic acids is 2. The first-order valence-corrected chi connectivity index (χ1v) is 13.2. The topological polar surface area (TPSA) is 123 Å². The number of aromatic carboxylic acids is 1. The molecule has 0 saturated carbocycles. The lowest BCUT2D eigenvalue weighted by Gasteiger charge is -2.23. The van der Waals surface area contributed by atoms with E-state index in [1.165, 1.54) is 6.92 Å². The summed E-state index contributed by atoms with van der Waals surface area (Å²) in [5.74, 6) is -1.42. The van der Waals surface area contributed by atoms with Gasteiger partial charge in [0.05, 0.1) is 24.3 Å². The van der Waals surface area contributed by atoms with Crippen LogP contribution in [0, 0.1) is 0 Å². The van der Waals surface area contributed by atoms with Crippen LogP contribution in [0.5, 0.6) is 0 Å². The van der Waals surface area contributed by atoms with Gasteiger partial charge in [0.2, 0.25) is 5.36 Å². The summed E-state index contributed by atoms with van der Waals surface area (Å²) in [6.07, 6.45) is 2.08. The van der Waals surface area contributed by atoms with E-state index < -0.39 is 11.9 Å². The molecule has 9 nitrogen and oxygen atoms in total. The Bertz CT molecular complexity index is 1620. The number of ketones is 1. The van der Waals surface area contributed by atoms with Crippen LogP contribution in [0.4, 0.5) is 5.69 Å². The SMILES string of the molecule is C=C[N+](CC)=c1ccc2c(-c3ccccc3C(=O)[O-])c3ccc(N(CC)OCCC(C)=O)cc3oc-2c1.CC(=O)O. The Labute approximate surface area is 238 Å². The van der Waals surface area contributed by atoms with E-state index >= 15 is 0 Å². The third-order valence-corrected chi connectivity index (χ3v) is 6.27. The molecule has 0 saturated heterocycles. The number of carboxylic acid groups (broad SMARTS) is 2. The molecule has 2 aromatic carbocycles. The lowest BCUT2D eigenvalue weighted by Crippen LogP contribution is -2.25.